The van der Waals surface area contributed by atoms with Crippen LogP contribution in [0.5, 0.6) is 5.75 Å². The topological polar surface area (TPSA) is 86.7 Å². The van der Waals surface area contributed by atoms with Crippen molar-refractivity contribution in [2.24, 2.45) is 4.99 Å². The molecule has 2 aliphatic rings. The van der Waals surface area contributed by atoms with Crippen molar-refractivity contribution in [1.82, 2.24) is 4.57 Å². The van der Waals surface area contributed by atoms with Gasteiger partial charge in [-0.1, -0.05) is 60.4 Å². The first kappa shape index (κ1) is 27.1. The van der Waals surface area contributed by atoms with Gasteiger partial charge < -0.3 is 4.74 Å². The fourth-order valence-electron chi connectivity index (χ4n) is 5.23. The highest BCUT2D eigenvalue weighted by molar-refractivity contribution is 14.1. The molecule has 10 heteroatoms. The summed E-state index contributed by atoms with van der Waals surface area (Å²) >= 11 is 5.81. The van der Waals surface area contributed by atoms with E-state index >= 15 is 0 Å². The van der Waals surface area contributed by atoms with Gasteiger partial charge in [0.2, 0.25) is 0 Å². The van der Waals surface area contributed by atoms with Crippen molar-refractivity contribution in [2.75, 3.05) is 6.61 Å². The molecule has 0 bridgehead atoms. The fourth-order valence-corrected chi connectivity index (χ4v) is 8.35. The summed E-state index contributed by atoms with van der Waals surface area (Å²) in [7, 11) is 0. The van der Waals surface area contributed by atoms with Crippen molar-refractivity contribution in [2.45, 2.75) is 18.9 Å². The average Bonchev–Trinajstić information content (AvgIpc) is 3.25. The van der Waals surface area contributed by atoms with E-state index in [1.54, 1.807) is 22.8 Å². The Balaban J connectivity index is 1.56. The van der Waals surface area contributed by atoms with E-state index in [9.17, 15) is 14.9 Å². The number of fused-ring (bicyclic) bond motifs is 3. The van der Waals surface area contributed by atoms with Crippen molar-refractivity contribution < 1.29 is 9.66 Å². The largest absolute Gasteiger partial charge is 0.487 e. The maximum Gasteiger partial charge on any atom is 0.271 e. The molecule has 0 saturated carbocycles. The number of hydrogen-bond acceptors (Lipinski definition) is 6. The Hall–Kier alpha value is -3.10. The van der Waals surface area contributed by atoms with Gasteiger partial charge in [-0.25, -0.2) is 4.99 Å². The molecule has 0 amide bonds. The van der Waals surface area contributed by atoms with E-state index in [2.05, 4.69) is 63.9 Å². The summed E-state index contributed by atoms with van der Waals surface area (Å²) in [5, 5.41) is 11.6. The minimum absolute atomic E-state index is 0.00194. The van der Waals surface area contributed by atoms with Gasteiger partial charge in [-0.15, -0.1) is 0 Å². The molecule has 1 aliphatic carbocycles. The number of halogens is 2. The number of non-ortho nitro benzene ring substituents is 1. The number of ether oxygens (including phenoxy) is 1. The van der Waals surface area contributed by atoms with Crippen molar-refractivity contribution >= 4 is 74.0 Å². The van der Waals surface area contributed by atoms with E-state index in [0.29, 0.717) is 27.9 Å². The van der Waals surface area contributed by atoms with Gasteiger partial charge in [-0.3, -0.25) is 19.5 Å². The van der Waals surface area contributed by atoms with Gasteiger partial charge in [-0.05, 0) is 98.5 Å². The van der Waals surface area contributed by atoms with Crippen molar-refractivity contribution in [3.8, 4) is 5.75 Å². The molecule has 1 aliphatic heterocycles. The fraction of sp³-hybridized carbons (Fsp3) is 0.133. The lowest BCUT2D eigenvalue weighted by Crippen LogP contribution is -2.38. The Morgan fingerprint density at radius 2 is 1.90 bits per heavy atom. The summed E-state index contributed by atoms with van der Waals surface area (Å²) in [6, 6.07) is 18.3. The van der Waals surface area contributed by atoms with E-state index in [1.165, 1.54) is 23.0 Å². The Kier molecular flexibility index (Phi) is 7.48. The predicted molar refractivity (Wildman–Crippen MR) is 173 cm³/mol. The lowest BCUT2D eigenvalue weighted by atomic mass is 9.83. The number of nitrogens with zero attached hydrogens (tertiary/aromatic N) is 3. The van der Waals surface area contributed by atoms with E-state index in [-0.39, 0.29) is 11.2 Å². The number of rotatable bonds is 6. The number of nitro benzene ring substituents is 1. The van der Waals surface area contributed by atoms with E-state index in [4.69, 9.17) is 9.73 Å². The molecule has 0 radical (unpaired) electrons. The monoisotopic (exact) mass is 773 g/mol. The lowest BCUT2D eigenvalue weighted by molar-refractivity contribution is -0.384. The highest BCUT2D eigenvalue weighted by atomic mass is 127. The quantitative estimate of drug-likeness (QED) is 0.104. The van der Waals surface area contributed by atoms with Crippen LogP contribution in [0, 0.1) is 17.3 Å². The number of hydrogen-bond donors (Lipinski definition) is 0. The summed E-state index contributed by atoms with van der Waals surface area (Å²) < 4.78 is 9.94. The summed E-state index contributed by atoms with van der Waals surface area (Å²) in [5.41, 5.74) is 5.55. The lowest BCUT2D eigenvalue weighted by Gasteiger charge is -2.30. The molecule has 200 valence electrons. The molecule has 0 unspecified atom stereocenters. The van der Waals surface area contributed by atoms with Gasteiger partial charge in [0, 0.05) is 17.7 Å². The molecule has 0 saturated heterocycles. The first-order valence-electron chi connectivity index (χ1n) is 12.5. The van der Waals surface area contributed by atoms with Crippen molar-refractivity contribution in [3.05, 3.63) is 138 Å². The Morgan fingerprint density at radius 3 is 2.65 bits per heavy atom. The van der Waals surface area contributed by atoms with Crippen LogP contribution in [0.15, 0.2) is 88.7 Å². The first-order valence-corrected chi connectivity index (χ1v) is 15.4. The zero-order valence-corrected chi connectivity index (χ0v) is 26.1. The van der Waals surface area contributed by atoms with Crippen LogP contribution in [0.1, 0.15) is 34.7 Å². The summed E-state index contributed by atoms with van der Waals surface area (Å²) in [5.74, 6) is 0.789. The maximum atomic E-state index is 14.0. The minimum atomic E-state index is -0.475. The van der Waals surface area contributed by atoms with Gasteiger partial charge in [-0.2, -0.15) is 0 Å². The number of allylic oxidation sites excluding steroid dienone is 1. The number of benzene rings is 3. The number of nitro groups is 1. The average molecular weight is 773 g/mol. The van der Waals surface area contributed by atoms with E-state index in [0.717, 1.165) is 41.7 Å². The van der Waals surface area contributed by atoms with Crippen molar-refractivity contribution in [3.63, 3.8) is 0 Å². The second-order valence-electron chi connectivity index (χ2n) is 9.38. The molecule has 40 heavy (non-hydrogen) atoms. The number of thiazole rings is 1. The van der Waals surface area contributed by atoms with Gasteiger partial charge in [0.25, 0.3) is 11.2 Å². The minimum Gasteiger partial charge on any atom is -0.487 e. The summed E-state index contributed by atoms with van der Waals surface area (Å²) in [4.78, 5) is 30.8. The number of aromatic nitrogens is 1. The van der Waals surface area contributed by atoms with Gasteiger partial charge >= 0.3 is 0 Å². The standard InChI is InChI=1S/C30H21I2N3O4S/c1-2-12-39-28-23(31)13-17(14-24(28)32)15-25-29(36)34-27(19-7-5-8-20(16-19)35(37)38)22-11-10-18-6-3-4-9-21(18)26(22)33-30(34)40-25/h2-9,13-16,27H,1,10-12H2/b25-15-/t27-/m1/s1. The molecule has 6 rings (SSSR count). The van der Waals surface area contributed by atoms with Crippen LogP contribution in [-0.2, 0) is 6.42 Å². The third kappa shape index (κ3) is 4.85. The maximum absolute atomic E-state index is 14.0. The smallest absolute Gasteiger partial charge is 0.271 e. The Labute approximate surface area is 260 Å². The molecule has 7 nitrogen and oxygen atoms in total. The van der Waals surface area contributed by atoms with Crippen LogP contribution in [0.25, 0.3) is 11.8 Å². The van der Waals surface area contributed by atoms with Gasteiger partial charge in [0.1, 0.15) is 12.4 Å². The normalized spacial score (nSPS) is 16.1. The third-order valence-corrected chi connectivity index (χ3v) is 9.52. The number of aryl methyl sites for hydroxylation is 1. The Morgan fingerprint density at radius 1 is 1.12 bits per heavy atom. The third-order valence-electron chi connectivity index (χ3n) is 6.93. The molecule has 4 aromatic rings. The van der Waals surface area contributed by atoms with Crippen molar-refractivity contribution in [1.29, 1.82) is 0 Å². The first-order chi connectivity index (χ1) is 19.4. The van der Waals surface area contributed by atoms with Gasteiger partial charge in [0.15, 0.2) is 4.80 Å². The highest BCUT2D eigenvalue weighted by Crippen LogP contribution is 2.41. The van der Waals surface area contributed by atoms with E-state index < -0.39 is 11.0 Å². The molecular weight excluding hydrogens is 752 g/mol. The summed E-state index contributed by atoms with van der Waals surface area (Å²) in [6.07, 6.45) is 5.12. The van der Waals surface area contributed by atoms with Crippen LogP contribution in [-0.4, -0.2) is 16.1 Å². The van der Waals surface area contributed by atoms with Crippen LogP contribution in [0.4, 0.5) is 5.69 Å². The predicted octanol–water partition coefficient (Wildman–Crippen LogP) is 6.00. The van der Waals surface area contributed by atoms with Crippen LogP contribution < -0.4 is 19.6 Å². The van der Waals surface area contributed by atoms with Gasteiger partial charge in [0.05, 0.1) is 28.3 Å². The zero-order chi connectivity index (χ0) is 28.0. The molecule has 0 N–H and O–H groups in total. The molecule has 1 atom stereocenters. The highest BCUT2D eigenvalue weighted by Gasteiger charge is 2.33. The molecule has 0 spiro atoms. The van der Waals surface area contributed by atoms with Crippen LogP contribution in [0.2, 0.25) is 0 Å². The van der Waals surface area contributed by atoms with Crippen LogP contribution in [0.3, 0.4) is 0 Å². The molecule has 0 fully saturated rings. The zero-order valence-electron chi connectivity index (χ0n) is 21.0. The molecule has 1 aromatic heterocycles. The second-order valence-corrected chi connectivity index (χ2v) is 12.7. The summed E-state index contributed by atoms with van der Waals surface area (Å²) in [6.45, 7) is 4.13. The van der Waals surface area contributed by atoms with Crippen LogP contribution >= 0.6 is 56.5 Å². The molecule has 2 heterocycles. The second kappa shape index (κ2) is 11.1. The Bertz CT molecular complexity index is 1900. The molecular formula is C30H21I2N3O4S. The SMILES string of the molecule is C=CCOc1c(I)cc(/C=c2\sc3n(c2=O)[C@H](c2cccc([N+](=O)[O-])c2)C2=C(N=3)c3ccccc3CC2)cc1I. The molecule has 3 aromatic carbocycles. The van der Waals surface area contributed by atoms with E-state index in [1.807, 2.05) is 36.4 Å².